The molecule has 0 spiro atoms. The molecule has 1 fully saturated rings. The topological polar surface area (TPSA) is 32.3 Å². The quantitative estimate of drug-likeness (QED) is 0.888. The molecule has 1 N–H and O–H groups in total. The van der Waals surface area contributed by atoms with Crippen LogP contribution < -0.4 is 5.32 Å². The van der Waals surface area contributed by atoms with Crippen molar-refractivity contribution in [3.63, 3.8) is 0 Å². The minimum Gasteiger partial charge on any atom is -0.354 e. The molecule has 1 aromatic rings. The van der Waals surface area contributed by atoms with Gasteiger partial charge >= 0.3 is 0 Å². The summed E-state index contributed by atoms with van der Waals surface area (Å²) in [6.45, 7) is 6.91. The van der Waals surface area contributed by atoms with E-state index in [1.165, 1.54) is 17.7 Å². The van der Waals surface area contributed by atoms with Gasteiger partial charge in [-0.1, -0.05) is 19.9 Å². The van der Waals surface area contributed by atoms with Crippen molar-refractivity contribution in [2.45, 2.75) is 32.7 Å². The lowest BCUT2D eigenvalue weighted by Gasteiger charge is -2.27. The SMILES string of the molecule is CC(C)C(=O)NC[C@@H](c1cccs1)N1CCCC1. The highest BCUT2D eigenvalue weighted by molar-refractivity contribution is 7.10. The number of thiophene rings is 1. The summed E-state index contributed by atoms with van der Waals surface area (Å²) >= 11 is 1.78. The van der Waals surface area contributed by atoms with E-state index >= 15 is 0 Å². The van der Waals surface area contributed by atoms with Crippen LogP contribution in [0.25, 0.3) is 0 Å². The summed E-state index contributed by atoms with van der Waals surface area (Å²) < 4.78 is 0. The zero-order valence-electron chi connectivity index (χ0n) is 11.2. The smallest absolute Gasteiger partial charge is 0.222 e. The number of rotatable bonds is 5. The minimum atomic E-state index is 0.0626. The molecule has 2 heterocycles. The van der Waals surface area contributed by atoms with Crippen LogP contribution in [0.3, 0.4) is 0 Å². The summed E-state index contributed by atoms with van der Waals surface area (Å²) in [6.07, 6.45) is 2.56. The molecule has 1 aliphatic heterocycles. The summed E-state index contributed by atoms with van der Waals surface area (Å²) in [5.41, 5.74) is 0. The minimum absolute atomic E-state index is 0.0626. The normalized spacial score (nSPS) is 18.2. The molecule has 0 radical (unpaired) electrons. The van der Waals surface area contributed by atoms with E-state index in [4.69, 9.17) is 0 Å². The van der Waals surface area contributed by atoms with Gasteiger partial charge in [-0.2, -0.15) is 0 Å². The Kier molecular flexibility index (Phi) is 4.78. The Morgan fingerprint density at radius 2 is 2.17 bits per heavy atom. The predicted molar refractivity (Wildman–Crippen MR) is 75.7 cm³/mol. The highest BCUT2D eigenvalue weighted by Gasteiger charge is 2.24. The van der Waals surface area contributed by atoms with Gasteiger partial charge in [0.15, 0.2) is 0 Å². The molecule has 1 aromatic heterocycles. The zero-order valence-corrected chi connectivity index (χ0v) is 12.0. The van der Waals surface area contributed by atoms with Crippen LogP contribution >= 0.6 is 11.3 Å². The van der Waals surface area contributed by atoms with Crippen LogP contribution in [0, 0.1) is 5.92 Å². The third-order valence-corrected chi connectivity index (χ3v) is 4.42. The number of amides is 1. The van der Waals surface area contributed by atoms with Crippen LogP contribution in [-0.2, 0) is 4.79 Å². The average Bonchev–Trinajstić information content (AvgIpc) is 3.01. The number of nitrogens with zero attached hydrogens (tertiary/aromatic N) is 1. The van der Waals surface area contributed by atoms with Gasteiger partial charge in [-0.3, -0.25) is 9.69 Å². The molecular weight excluding hydrogens is 244 g/mol. The van der Waals surface area contributed by atoms with E-state index in [0.717, 1.165) is 19.6 Å². The Bertz CT molecular complexity index is 369. The Labute approximate surface area is 113 Å². The first-order valence-electron chi connectivity index (χ1n) is 6.73. The zero-order chi connectivity index (χ0) is 13.0. The monoisotopic (exact) mass is 266 g/mol. The largest absolute Gasteiger partial charge is 0.354 e. The van der Waals surface area contributed by atoms with Crippen molar-refractivity contribution < 1.29 is 4.79 Å². The van der Waals surface area contributed by atoms with Gasteiger partial charge < -0.3 is 5.32 Å². The van der Waals surface area contributed by atoms with E-state index < -0.39 is 0 Å². The molecule has 1 amide bonds. The van der Waals surface area contributed by atoms with Crippen molar-refractivity contribution in [3.8, 4) is 0 Å². The van der Waals surface area contributed by atoms with E-state index in [1.54, 1.807) is 11.3 Å². The summed E-state index contributed by atoms with van der Waals surface area (Å²) in [4.78, 5) is 15.6. The summed E-state index contributed by atoms with van der Waals surface area (Å²) in [6, 6.07) is 4.62. The molecule has 4 heteroatoms. The number of hydrogen-bond acceptors (Lipinski definition) is 3. The van der Waals surface area contributed by atoms with E-state index in [0.29, 0.717) is 6.04 Å². The van der Waals surface area contributed by atoms with Gasteiger partial charge in [0.25, 0.3) is 0 Å². The fourth-order valence-electron chi connectivity index (χ4n) is 2.35. The summed E-state index contributed by atoms with van der Waals surface area (Å²) in [5.74, 6) is 0.211. The maximum atomic E-state index is 11.7. The van der Waals surface area contributed by atoms with Gasteiger partial charge in [0.05, 0.1) is 6.04 Å². The first-order valence-corrected chi connectivity index (χ1v) is 7.61. The molecule has 0 saturated carbocycles. The van der Waals surface area contributed by atoms with Crippen LogP contribution in [0.2, 0.25) is 0 Å². The molecule has 1 aliphatic rings. The van der Waals surface area contributed by atoms with Crippen LogP contribution in [0.5, 0.6) is 0 Å². The van der Waals surface area contributed by atoms with E-state index in [-0.39, 0.29) is 11.8 Å². The van der Waals surface area contributed by atoms with Crippen molar-refractivity contribution in [2.24, 2.45) is 5.92 Å². The fraction of sp³-hybridized carbons (Fsp3) is 0.643. The molecule has 0 aromatic carbocycles. The molecular formula is C14H22N2OS. The highest BCUT2D eigenvalue weighted by atomic mass is 32.1. The number of carbonyl (C=O) groups excluding carboxylic acids is 1. The predicted octanol–water partition coefficient (Wildman–Crippen LogP) is 2.66. The van der Waals surface area contributed by atoms with Gasteiger partial charge in [0.2, 0.25) is 5.91 Å². The number of hydrogen-bond donors (Lipinski definition) is 1. The number of carbonyl (C=O) groups is 1. The molecule has 3 nitrogen and oxygen atoms in total. The maximum Gasteiger partial charge on any atom is 0.222 e. The van der Waals surface area contributed by atoms with Crippen molar-refractivity contribution in [3.05, 3.63) is 22.4 Å². The van der Waals surface area contributed by atoms with E-state index in [1.807, 2.05) is 13.8 Å². The fourth-order valence-corrected chi connectivity index (χ4v) is 3.21. The van der Waals surface area contributed by atoms with Crippen LogP contribution in [0.1, 0.15) is 37.6 Å². The van der Waals surface area contributed by atoms with E-state index in [9.17, 15) is 4.79 Å². The Morgan fingerprint density at radius 3 is 2.72 bits per heavy atom. The van der Waals surface area contributed by atoms with Crippen LogP contribution in [0.4, 0.5) is 0 Å². The Morgan fingerprint density at radius 1 is 1.44 bits per heavy atom. The van der Waals surface area contributed by atoms with Gasteiger partial charge in [-0.15, -0.1) is 11.3 Å². The lowest BCUT2D eigenvalue weighted by molar-refractivity contribution is -0.124. The van der Waals surface area contributed by atoms with Crippen molar-refractivity contribution >= 4 is 17.2 Å². The van der Waals surface area contributed by atoms with Crippen LogP contribution in [0.15, 0.2) is 17.5 Å². The summed E-state index contributed by atoms with van der Waals surface area (Å²) in [5, 5.41) is 5.19. The second-order valence-corrected chi connectivity index (χ2v) is 6.15. The van der Waals surface area contributed by atoms with Gasteiger partial charge in [0, 0.05) is 17.3 Å². The third kappa shape index (κ3) is 3.33. The molecule has 0 bridgehead atoms. The maximum absolute atomic E-state index is 11.7. The van der Waals surface area contributed by atoms with Crippen LogP contribution in [-0.4, -0.2) is 30.4 Å². The molecule has 0 aliphatic carbocycles. The molecule has 0 unspecified atom stereocenters. The third-order valence-electron chi connectivity index (χ3n) is 3.45. The second kappa shape index (κ2) is 6.34. The second-order valence-electron chi connectivity index (χ2n) is 5.17. The van der Waals surface area contributed by atoms with Gasteiger partial charge in [-0.25, -0.2) is 0 Å². The molecule has 18 heavy (non-hydrogen) atoms. The average molecular weight is 266 g/mol. The number of likely N-dealkylation sites (tertiary alicyclic amines) is 1. The van der Waals surface area contributed by atoms with Crippen molar-refractivity contribution in [2.75, 3.05) is 19.6 Å². The van der Waals surface area contributed by atoms with E-state index in [2.05, 4.69) is 27.7 Å². The summed E-state index contributed by atoms with van der Waals surface area (Å²) in [7, 11) is 0. The molecule has 1 saturated heterocycles. The lowest BCUT2D eigenvalue weighted by atomic mass is 10.1. The van der Waals surface area contributed by atoms with Gasteiger partial charge in [0.1, 0.15) is 0 Å². The highest BCUT2D eigenvalue weighted by Crippen LogP contribution is 2.27. The molecule has 1 atom stereocenters. The van der Waals surface area contributed by atoms with Gasteiger partial charge in [-0.05, 0) is 37.4 Å². The lowest BCUT2D eigenvalue weighted by Crippen LogP contribution is -2.37. The molecule has 100 valence electrons. The standard InChI is InChI=1S/C14H22N2OS/c1-11(2)14(17)15-10-12(13-6-5-9-18-13)16-7-3-4-8-16/h5-6,9,11-12H,3-4,7-8,10H2,1-2H3,(H,15,17)/t12-/m0/s1. The first kappa shape index (κ1) is 13.6. The molecule has 2 rings (SSSR count). The first-order chi connectivity index (χ1) is 8.68. The Hall–Kier alpha value is -0.870. The Balaban J connectivity index is 1.99. The van der Waals surface area contributed by atoms with Crippen molar-refractivity contribution in [1.29, 1.82) is 0 Å². The number of nitrogens with one attached hydrogen (secondary N) is 1. The van der Waals surface area contributed by atoms with Crippen molar-refractivity contribution in [1.82, 2.24) is 10.2 Å².